The van der Waals surface area contributed by atoms with Crippen LogP contribution in [0, 0.1) is 27.7 Å². The number of aryl methyl sites for hydroxylation is 4. The van der Waals surface area contributed by atoms with E-state index in [1.165, 1.54) is 22.4 Å². The number of aromatic nitrogens is 3. The number of imidazole rings is 1. The van der Waals surface area contributed by atoms with E-state index < -0.39 is 0 Å². The van der Waals surface area contributed by atoms with Gasteiger partial charge in [0.2, 0.25) is 0 Å². The lowest BCUT2D eigenvalue weighted by Crippen LogP contribution is -2.02. The Kier molecular flexibility index (Phi) is 3.34. The molecular weight excluding hydrogens is 258 g/mol. The maximum Gasteiger partial charge on any atom is 0.146 e. The largest absolute Gasteiger partial charge is 0.299 e. The highest BCUT2D eigenvalue weighted by Gasteiger charge is 2.12. The second-order valence-electron chi connectivity index (χ2n) is 5.56. The maximum atomic E-state index is 4.52. The molecule has 3 rings (SSSR count). The van der Waals surface area contributed by atoms with E-state index in [1.807, 2.05) is 31.6 Å². The van der Waals surface area contributed by atoms with Gasteiger partial charge in [0.1, 0.15) is 5.82 Å². The summed E-state index contributed by atoms with van der Waals surface area (Å²) in [6, 6.07) is 8.50. The molecule has 0 amide bonds. The van der Waals surface area contributed by atoms with Crippen LogP contribution in [-0.4, -0.2) is 14.5 Å². The van der Waals surface area contributed by atoms with Crippen LogP contribution in [0.4, 0.5) is 0 Å². The molecule has 1 aromatic carbocycles. The predicted octanol–water partition coefficient (Wildman–Crippen LogP) is 4.17. The third-order valence-corrected chi connectivity index (χ3v) is 3.69. The summed E-state index contributed by atoms with van der Waals surface area (Å²) in [6.07, 6.45) is 5.74. The minimum atomic E-state index is 0.928. The molecule has 3 aromatic rings. The molecule has 2 heterocycles. The minimum absolute atomic E-state index is 0.928. The summed E-state index contributed by atoms with van der Waals surface area (Å²) in [5.41, 5.74) is 7.05. The summed E-state index contributed by atoms with van der Waals surface area (Å²) in [5.74, 6) is 0.928. The lowest BCUT2D eigenvalue weighted by Gasteiger charge is -2.15. The van der Waals surface area contributed by atoms with E-state index in [0.717, 1.165) is 17.1 Å². The summed E-state index contributed by atoms with van der Waals surface area (Å²) < 4.78 is 2.15. The molecule has 3 nitrogen and oxygen atoms in total. The van der Waals surface area contributed by atoms with E-state index in [-0.39, 0.29) is 0 Å². The quantitative estimate of drug-likeness (QED) is 0.704. The number of nitrogens with zero attached hydrogens (tertiary/aromatic N) is 3. The van der Waals surface area contributed by atoms with Crippen LogP contribution >= 0.6 is 0 Å². The summed E-state index contributed by atoms with van der Waals surface area (Å²) in [6.45, 7) is 8.41. The Morgan fingerprint density at radius 2 is 1.62 bits per heavy atom. The second-order valence-corrected chi connectivity index (χ2v) is 5.56. The molecule has 106 valence electrons. The monoisotopic (exact) mass is 277 g/mol. The van der Waals surface area contributed by atoms with E-state index in [9.17, 15) is 0 Å². The Bertz CT molecular complexity index is 759. The number of hydrogen-bond donors (Lipinski definition) is 0. The fourth-order valence-electron chi connectivity index (χ4n) is 2.85. The average molecular weight is 277 g/mol. The van der Waals surface area contributed by atoms with Crippen LogP contribution in [0.3, 0.4) is 0 Å². The van der Waals surface area contributed by atoms with Gasteiger partial charge in [-0.05, 0) is 51.0 Å². The Labute approximate surface area is 125 Å². The van der Waals surface area contributed by atoms with E-state index in [4.69, 9.17) is 0 Å². The molecule has 0 bridgehead atoms. The van der Waals surface area contributed by atoms with Crippen LogP contribution in [-0.2, 0) is 0 Å². The highest BCUT2D eigenvalue weighted by molar-refractivity contribution is 5.60. The van der Waals surface area contributed by atoms with Crippen molar-refractivity contribution >= 4 is 0 Å². The Hall–Kier alpha value is -2.42. The van der Waals surface area contributed by atoms with Crippen molar-refractivity contribution in [2.45, 2.75) is 27.7 Å². The van der Waals surface area contributed by atoms with Crippen LogP contribution in [0.25, 0.3) is 17.1 Å². The number of hydrogen-bond acceptors (Lipinski definition) is 2. The molecule has 0 atom stereocenters. The minimum Gasteiger partial charge on any atom is -0.299 e. The first-order valence-corrected chi connectivity index (χ1v) is 7.11. The van der Waals surface area contributed by atoms with Crippen molar-refractivity contribution in [3.63, 3.8) is 0 Å². The molecule has 0 aliphatic heterocycles. The molecule has 0 N–H and O–H groups in total. The van der Waals surface area contributed by atoms with Crippen molar-refractivity contribution in [3.8, 4) is 17.1 Å². The van der Waals surface area contributed by atoms with Gasteiger partial charge in [-0.3, -0.25) is 9.55 Å². The van der Waals surface area contributed by atoms with Crippen molar-refractivity contribution < 1.29 is 0 Å². The normalized spacial score (nSPS) is 10.9. The molecule has 0 radical (unpaired) electrons. The van der Waals surface area contributed by atoms with Gasteiger partial charge in [0.15, 0.2) is 0 Å². The lowest BCUT2D eigenvalue weighted by atomic mass is 10.0. The third kappa shape index (κ3) is 2.47. The maximum absolute atomic E-state index is 4.52. The molecule has 21 heavy (non-hydrogen) atoms. The van der Waals surface area contributed by atoms with E-state index >= 15 is 0 Å². The highest BCUT2D eigenvalue weighted by atomic mass is 15.1. The zero-order valence-corrected chi connectivity index (χ0v) is 12.9. The summed E-state index contributed by atoms with van der Waals surface area (Å²) >= 11 is 0. The smallest absolute Gasteiger partial charge is 0.146 e. The molecule has 2 aromatic heterocycles. The molecule has 0 fully saturated rings. The fraction of sp³-hybridized carbons (Fsp3) is 0.222. The number of rotatable bonds is 2. The van der Waals surface area contributed by atoms with Gasteiger partial charge in [-0.15, -0.1) is 0 Å². The number of pyridine rings is 1. The molecular formula is C18H19N3. The van der Waals surface area contributed by atoms with Crippen LogP contribution in [0.2, 0.25) is 0 Å². The zero-order chi connectivity index (χ0) is 15.0. The van der Waals surface area contributed by atoms with E-state index in [2.05, 4.69) is 53.5 Å². The summed E-state index contributed by atoms with van der Waals surface area (Å²) in [5, 5.41) is 0. The predicted molar refractivity (Wildman–Crippen MR) is 85.7 cm³/mol. The average Bonchev–Trinajstić information content (AvgIpc) is 2.87. The molecule has 0 saturated heterocycles. The van der Waals surface area contributed by atoms with Crippen molar-refractivity contribution in [3.05, 3.63) is 65.2 Å². The van der Waals surface area contributed by atoms with Gasteiger partial charge in [-0.2, -0.15) is 0 Å². The standard InChI is InChI=1S/C18H19N3/c1-12-9-13(2)17(14(3)10-12)21-8-7-19-18(21)16-6-5-15(4)20-11-16/h5-11H,1-4H3. The SMILES string of the molecule is Cc1cc(C)c(-n2ccnc2-c2ccc(C)nc2)c(C)c1. The zero-order valence-electron chi connectivity index (χ0n) is 12.9. The molecule has 0 aliphatic carbocycles. The first kappa shape index (κ1) is 13.6. The fourth-order valence-corrected chi connectivity index (χ4v) is 2.85. The number of benzene rings is 1. The van der Waals surface area contributed by atoms with Crippen molar-refractivity contribution in [1.82, 2.24) is 14.5 Å². The summed E-state index contributed by atoms with van der Waals surface area (Å²) in [7, 11) is 0. The van der Waals surface area contributed by atoms with Crippen LogP contribution in [0.15, 0.2) is 42.9 Å². The molecule has 0 saturated carbocycles. The first-order valence-electron chi connectivity index (χ1n) is 7.11. The highest BCUT2D eigenvalue weighted by Crippen LogP contribution is 2.26. The Morgan fingerprint density at radius 3 is 2.24 bits per heavy atom. The Balaban J connectivity index is 2.18. The van der Waals surface area contributed by atoms with Gasteiger partial charge < -0.3 is 0 Å². The molecule has 3 heteroatoms. The molecule has 0 unspecified atom stereocenters. The lowest BCUT2D eigenvalue weighted by molar-refractivity contribution is 1.02. The van der Waals surface area contributed by atoms with E-state index in [0.29, 0.717) is 0 Å². The van der Waals surface area contributed by atoms with Gasteiger partial charge in [0.05, 0.1) is 5.69 Å². The van der Waals surface area contributed by atoms with Gasteiger partial charge in [0, 0.05) is 29.8 Å². The van der Waals surface area contributed by atoms with Crippen LogP contribution < -0.4 is 0 Å². The first-order chi connectivity index (χ1) is 10.1. The summed E-state index contributed by atoms with van der Waals surface area (Å²) in [4.78, 5) is 8.90. The van der Waals surface area contributed by atoms with Gasteiger partial charge >= 0.3 is 0 Å². The van der Waals surface area contributed by atoms with Crippen LogP contribution in [0.1, 0.15) is 22.4 Å². The van der Waals surface area contributed by atoms with Crippen molar-refractivity contribution in [2.24, 2.45) is 0 Å². The third-order valence-electron chi connectivity index (χ3n) is 3.69. The second kappa shape index (κ2) is 5.17. The Morgan fingerprint density at radius 1 is 0.905 bits per heavy atom. The van der Waals surface area contributed by atoms with Gasteiger partial charge in [-0.25, -0.2) is 4.98 Å². The van der Waals surface area contributed by atoms with Crippen molar-refractivity contribution in [2.75, 3.05) is 0 Å². The van der Waals surface area contributed by atoms with E-state index in [1.54, 1.807) is 0 Å². The topological polar surface area (TPSA) is 30.7 Å². The van der Waals surface area contributed by atoms with Crippen molar-refractivity contribution in [1.29, 1.82) is 0 Å². The van der Waals surface area contributed by atoms with Crippen LogP contribution in [0.5, 0.6) is 0 Å². The van der Waals surface area contributed by atoms with Gasteiger partial charge in [-0.1, -0.05) is 17.7 Å². The molecule has 0 spiro atoms. The van der Waals surface area contributed by atoms with Gasteiger partial charge in [0.25, 0.3) is 0 Å². The molecule has 0 aliphatic rings.